The Balaban J connectivity index is 2.24. The summed E-state index contributed by atoms with van der Waals surface area (Å²) < 4.78 is 5.26. The van der Waals surface area contributed by atoms with E-state index in [1.807, 2.05) is 13.8 Å². The molecule has 0 radical (unpaired) electrons. The number of nitrogens with zero attached hydrogens (tertiary/aromatic N) is 1. The molecule has 2 atom stereocenters. The van der Waals surface area contributed by atoms with Gasteiger partial charge in [-0.1, -0.05) is 19.1 Å². The first kappa shape index (κ1) is 15.5. The van der Waals surface area contributed by atoms with Gasteiger partial charge in [0.1, 0.15) is 0 Å². The molecule has 1 fully saturated rings. The number of hydrogen-bond donors (Lipinski definition) is 2. The van der Waals surface area contributed by atoms with Crippen LogP contribution in [0.3, 0.4) is 0 Å². The van der Waals surface area contributed by atoms with Crippen LogP contribution in [0.15, 0.2) is 12.2 Å². The van der Waals surface area contributed by atoms with E-state index < -0.39 is 11.9 Å². The van der Waals surface area contributed by atoms with Crippen LogP contribution in [0.5, 0.6) is 0 Å². The third-order valence-electron chi connectivity index (χ3n) is 3.09. The Hall–Kier alpha value is -1.56. The number of carboxylic acid groups (broad SMARTS) is 1. The minimum atomic E-state index is -0.840. The van der Waals surface area contributed by atoms with E-state index >= 15 is 0 Å². The quantitative estimate of drug-likeness (QED) is 0.556. The predicted molar refractivity (Wildman–Crippen MR) is 70.9 cm³/mol. The molecular formula is C13H22N2O4. The van der Waals surface area contributed by atoms with E-state index in [9.17, 15) is 9.59 Å². The van der Waals surface area contributed by atoms with Gasteiger partial charge in [0.25, 0.3) is 0 Å². The van der Waals surface area contributed by atoms with Crippen LogP contribution < -0.4 is 5.32 Å². The van der Waals surface area contributed by atoms with Gasteiger partial charge in [0.05, 0.1) is 19.1 Å². The number of carboxylic acids is 1. The van der Waals surface area contributed by atoms with E-state index in [4.69, 9.17) is 9.84 Å². The summed E-state index contributed by atoms with van der Waals surface area (Å²) >= 11 is 0. The normalized spacial score (nSPS) is 22.3. The second-order valence-corrected chi connectivity index (χ2v) is 5.07. The molecule has 2 amide bonds. The Kier molecular flexibility index (Phi) is 5.82. The number of carbonyl (C=O) groups excluding carboxylic acids is 1. The Morgan fingerprint density at radius 3 is 2.68 bits per heavy atom. The largest absolute Gasteiger partial charge is 0.481 e. The molecule has 1 heterocycles. The molecule has 0 aromatic heterocycles. The molecule has 108 valence electrons. The summed E-state index contributed by atoms with van der Waals surface area (Å²) in [7, 11) is 0. The molecule has 0 saturated carbocycles. The van der Waals surface area contributed by atoms with E-state index in [1.54, 1.807) is 4.90 Å². The fraction of sp³-hybridized carbons (Fsp3) is 0.692. The molecule has 1 saturated heterocycles. The third-order valence-corrected chi connectivity index (χ3v) is 3.09. The second kappa shape index (κ2) is 7.13. The zero-order valence-corrected chi connectivity index (χ0v) is 11.5. The summed E-state index contributed by atoms with van der Waals surface area (Å²) in [4.78, 5) is 24.3. The van der Waals surface area contributed by atoms with Crippen molar-refractivity contribution in [2.75, 3.05) is 32.8 Å². The standard InChI is InChI=1S/C13H22N2O4/c1-9(2)8-19-5-4-14-13(18)15-6-10(3)11(7-15)12(16)17/h10-11H,1,4-8H2,2-3H3,(H,14,18)(H,16,17). The van der Waals surface area contributed by atoms with Gasteiger partial charge >= 0.3 is 12.0 Å². The summed E-state index contributed by atoms with van der Waals surface area (Å²) in [6.45, 7) is 9.50. The SMILES string of the molecule is C=C(C)COCCNC(=O)N1CC(C)C(C(=O)O)C1. The van der Waals surface area contributed by atoms with E-state index in [0.717, 1.165) is 5.57 Å². The molecule has 1 rings (SSSR count). The van der Waals surface area contributed by atoms with Crippen LogP contribution in [0.4, 0.5) is 4.79 Å². The topological polar surface area (TPSA) is 78.9 Å². The number of ether oxygens (including phenoxy) is 1. The van der Waals surface area contributed by atoms with E-state index in [1.165, 1.54) is 0 Å². The van der Waals surface area contributed by atoms with Gasteiger partial charge < -0.3 is 20.1 Å². The molecular weight excluding hydrogens is 248 g/mol. The number of aliphatic carboxylic acids is 1. The number of rotatable bonds is 6. The van der Waals surface area contributed by atoms with Crippen LogP contribution in [-0.4, -0.2) is 54.9 Å². The number of likely N-dealkylation sites (tertiary alicyclic amines) is 1. The Bertz CT molecular complexity index is 357. The van der Waals surface area contributed by atoms with Crippen LogP contribution in [-0.2, 0) is 9.53 Å². The molecule has 0 aliphatic carbocycles. The van der Waals surface area contributed by atoms with Crippen molar-refractivity contribution in [3.63, 3.8) is 0 Å². The lowest BCUT2D eigenvalue weighted by Crippen LogP contribution is -2.40. The first-order valence-electron chi connectivity index (χ1n) is 6.39. The molecule has 0 spiro atoms. The van der Waals surface area contributed by atoms with Crippen molar-refractivity contribution in [1.29, 1.82) is 0 Å². The minimum Gasteiger partial charge on any atom is -0.481 e. The van der Waals surface area contributed by atoms with Gasteiger partial charge in [-0.25, -0.2) is 4.79 Å². The van der Waals surface area contributed by atoms with Crippen molar-refractivity contribution in [2.24, 2.45) is 11.8 Å². The van der Waals surface area contributed by atoms with Gasteiger partial charge in [-0.2, -0.15) is 0 Å². The fourth-order valence-electron chi connectivity index (χ4n) is 2.04. The van der Waals surface area contributed by atoms with E-state index in [0.29, 0.717) is 26.3 Å². The number of carbonyl (C=O) groups is 2. The molecule has 2 unspecified atom stereocenters. The lowest BCUT2D eigenvalue weighted by Gasteiger charge is -2.16. The average Bonchev–Trinajstić information content (AvgIpc) is 2.70. The number of amides is 2. The highest BCUT2D eigenvalue weighted by Crippen LogP contribution is 2.22. The smallest absolute Gasteiger partial charge is 0.317 e. The first-order chi connectivity index (χ1) is 8.91. The lowest BCUT2D eigenvalue weighted by atomic mass is 9.99. The van der Waals surface area contributed by atoms with Gasteiger partial charge in [-0.15, -0.1) is 0 Å². The van der Waals surface area contributed by atoms with Crippen LogP contribution in [0, 0.1) is 11.8 Å². The van der Waals surface area contributed by atoms with Crippen LogP contribution >= 0.6 is 0 Å². The van der Waals surface area contributed by atoms with Crippen molar-refractivity contribution in [2.45, 2.75) is 13.8 Å². The van der Waals surface area contributed by atoms with Gasteiger partial charge in [0, 0.05) is 19.6 Å². The maximum absolute atomic E-state index is 11.8. The summed E-state index contributed by atoms with van der Waals surface area (Å²) in [6.07, 6.45) is 0. The molecule has 1 aliphatic rings. The Morgan fingerprint density at radius 1 is 1.47 bits per heavy atom. The van der Waals surface area contributed by atoms with Gasteiger partial charge in [-0.3, -0.25) is 4.79 Å². The molecule has 19 heavy (non-hydrogen) atoms. The zero-order chi connectivity index (χ0) is 14.4. The van der Waals surface area contributed by atoms with E-state index in [-0.39, 0.29) is 18.5 Å². The third kappa shape index (κ3) is 4.90. The number of nitrogens with one attached hydrogen (secondary N) is 1. The van der Waals surface area contributed by atoms with Crippen molar-refractivity contribution in [3.05, 3.63) is 12.2 Å². The molecule has 6 nitrogen and oxygen atoms in total. The Labute approximate surface area is 113 Å². The molecule has 1 aliphatic heterocycles. The zero-order valence-electron chi connectivity index (χ0n) is 11.5. The van der Waals surface area contributed by atoms with Crippen molar-refractivity contribution in [3.8, 4) is 0 Å². The summed E-state index contributed by atoms with van der Waals surface area (Å²) in [6, 6.07) is -0.227. The maximum Gasteiger partial charge on any atom is 0.317 e. The average molecular weight is 270 g/mol. The number of urea groups is 1. The molecule has 2 N–H and O–H groups in total. The molecule has 0 bridgehead atoms. The van der Waals surface area contributed by atoms with Gasteiger partial charge in [0.2, 0.25) is 0 Å². The maximum atomic E-state index is 11.8. The lowest BCUT2D eigenvalue weighted by molar-refractivity contribution is -0.142. The number of hydrogen-bond acceptors (Lipinski definition) is 3. The highest BCUT2D eigenvalue weighted by atomic mass is 16.5. The Morgan fingerprint density at radius 2 is 2.16 bits per heavy atom. The van der Waals surface area contributed by atoms with Gasteiger partial charge in [-0.05, 0) is 12.8 Å². The van der Waals surface area contributed by atoms with Crippen LogP contribution in [0.1, 0.15) is 13.8 Å². The highest BCUT2D eigenvalue weighted by molar-refractivity contribution is 5.77. The van der Waals surface area contributed by atoms with Gasteiger partial charge in [0.15, 0.2) is 0 Å². The monoisotopic (exact) mass is 270 g/mol. The second-order valence-electron chi connectivity index (χ2n) is 5.07. The summed E-state index contributed by atoms with van der Waals surface area (Å²) in [5, 5.41) is 11.7. The minimum absolute atomic E-state index is 0.0112. The molecule has 0 aromatic rings. The molecule has 6 heteroatoms. The van der Waals surface area contributed by atoms with Crippen molar-refractivity contribution < 1.29 is 19.4 Å². The highest BCUT2D eigenvalue weighted by Gasteiger charge is 2.36. The first-order valence-corrected chi connectivity index (χ1v) is 6.39. The van der Waals surface area contributed by atoms with Crippen molar-refractivity contribution in [1.82, 2.24) is 10.2 Å². The van der Waals surface area contributed by atoms with Crippen molar-refractivity contribution >= 4 is 12.0 Å². The van der Waals surface area contributed by atoms with Crippen LogP contribution in [0.2, 0.25) is 0 Å². The van der Waals surface area contributed by atoms with Crippen LogP contribution in [0.25, 0.3) is 0 Å². The summed E-state index contributed by atoms with van der Waals surface area (Å²) in [5.41, 5.74) is 0.934. The molecule has 0 aromatic carbocycles. The van der Waals surface area contributed by atoms with E-state index in [2.05, 4.69) is 11.9 Å². The summed E-state index contributed by atoms with van der Waals surface area (Å²) in [5.74, 6) is -1.32. The predicted octanol–water partition coefficient (Wildman–Crippen LogP) is 0.941. The fourth-order valence-corrected chi connectivity index (χ4v) is 2.04.